The van der Waals surface area contributed by atoms with Gasteiger partial charge in [-0.3, -0.25) is 4.98 Å². The molecule has 0 saturated heterocycles. The summed E-state index contributed by atoms with van der Waals surface area (Å²) in [5, 5.41) is 9.96. The van der Waals surface area contributed by atoms with Crippen molar-refractivity contribution in [2.75, 3.05) is 11.9 Å². The number of aromatic hydroxyl groups is 1. The highest BCUT2D eigenvalue weighted by Crippen LogP contribution is 2.28. The summed E-state index contributed by atoms with van der Waals surface area (Å²) in [5.41, 5.74) is 8.62. The van der Waals surface area contributed by atoms with Crippen molar-refractivity contribution in [3.05, 3.63) is 53.9 Å². The number of rotatable bonds is 4. The Labute approximate surface area is 113 Å². The molecule has 1 atom stereocenters. The molecule has 0 aliphatic carbocycles. The minimum absolute atomic E-state index is 0.169. The predicted octanol–water partition coefficient (Wildman–Crippen LogP) is 2.44. The van der Waals surface area contributed by atoms with Crippen molar-refractivity contribution in [2.45, 2.75) is 19.5 Å². The van der Waals surface area contributed by atoms with Crippen molar-refractivity contribution < 1.29 is 5.11 Å². The highest BCUT2D eigenvalue weighted by atomic mass is 16.3. The molecule has 1 aromatic carbocycles. The van der Waals surface area contributed by atoms with E-state index < -0.39 is 0 Å². The Kier molecular flexibility index (Phi) is 4.02. The number of nitrogens with two attached hydrogens (primary N) is 1. The maximum absolute atomic E-state index is 9.96. The van der Waals surface area contributed by atoms with Gasteiger partial charge in [-0.05, 0) is 24.6 Å². The van der Waals surface area contributed by atoms with Crippen LogP contribution in [0.5, 0.6) is 5.75 Å². The Morgan fingerprint density at radius 2 is 2.16 bits per heavy atom. The number of phenols is 1. The third-order valence-corrected chi connectivity index (χ3v) is 3.09. The maximum atomic E-state index is 9.96. The smallest absolute Gasteiger partial charge is 0.122 e. The molecular weight excluding hydrogens is 238 g/mol. The van der Waals surface area contributed by atoms with E-state index in [0.717, 1.165) is 23.4 Å². The van der Waals surface area contributed by atoms with Crippen LogP contribution in [0.3, 0.4) is 0 Å². The molecule has 1 heterocycles. The third-order valence-electron chi connectivity index (χ3n) is 3.09. The van der Waals surface area contributed by atoms with Gasteiger partial charge in [0, 0.05) is 49.3 Å². The third kappa shape index (κ3) is 3.23. The molecule has 0 amide bonds. The molecule has 0 radical (unpaired) electrons. The van der Waals surface area contributed by atoms with Crippen LogP contribution in [0.4, 0.5) is 5.69 Å². The van der Waals surface area contributed by atoms with Crippen LogP contribution in [-0.2, 0) is 6.54 Å². The summed E-state index contributed by atoms with van der Waals surface area (Å²) in [6.07, 6.45) is 3.60. The molecule has 4 heteroatoms. The van der Waals surface area contributed by atoms with Crippen LogP contribution in [0.1, 0.15) is 24.1 Å². The summed E-state index contributed by atoms with van der Waals surface area (Å²) < 4.78 is 0. The maximum Gasteiger partial charge on any atom is 0.122 e. The first-order chi connectivity index (χ1) is 9.08. The molecule has 1 unspecified atom stereocenters. The Bertz CT molecular complexity index is 540. The molecule has 2 aromatic rings. The predicted molar refractivity (Wildman–Crippen MR) is 77.1 cm³/mol. The summed E-state index contributed by atoms with van der Waals surface area (Å²) in [5.74, 6) is 0.241. The average molecular weight is 257 g/mol. The lowest BCUT2D eigenvalue weighted by atomic mass is 10.1. The van der Waals surface area contributed by atoms with Gasteiger partial charge in [0.25, 0.3) is 0 Å². The second kappa shape index (κ2) is 5.71. The lowest BCUT2D eigenvalue weighted by Gasteiger charge is -2.20. The number of nitrogens with zero attached hydrogens (tertiary/aromatic N) is 2. The Hall–Kier alpha value is -2.07. The van der Waals surface area contributed by atoms with Gasteiger partial charge in [0.2, 0.25) is 0 Å². The number of benzene rings is 1. The van der Waals surface area contributed by atoms with Crippen LogP contribution in [0.25, 0.3) is 0 Å². The van der Waals surface area contributed by atoms with E-state index in [1.54, 1.807) is 12.3 Å². The van der Waals surface area contributed by atoms with Crippen LogP contribution >= 0.6 is 0 Å². The quantitative estimate of drug-likeness (QED) is 0.883. The molecule has 3 N–H and O–H groups in total. The zero-order valence-corrected chi connectivity index (χ0v) is 11.2. The molecule has 100 valence electrons. The van der Waals surface area contributed by atoms with Crippen molar-refractivity contribution >= 4 is 5.69 Å². The monoisotopic (exact) mass is 257 g/mol. The van der Waals surface area contributed by atoms with E-state index in [0.29, 0.717) is 0 Å². The standard InChI is InChI=1S/C15H19N3O/c1-11(16)14-6-5-13(8-15(14)19)18(2)10-12-4-3-7-17-9-12/h3-9,11,19H,10,16H2,1-2H3. The second-order valence-electron chi connectivity index (χ2n) is 4.75. The average Bonchev–Trinajstić information content (AvgIpc) is 2.39. The van der Waals surface area contributed by atoms with Gasteiger partial charge in [0.1, 0.15) is 5.75 Å². The van der Waals surface area contributed by atoms with Gasteiger partial charge in [0.05, 0.1) is 0 Å². The highest BCUT2D eigenvalue weighted by molar-refractivity contribution is 5.53. The van der Waals surface area contributed by atoms with E-state index in [9.17, 15) is 5.11 Å². The van der Waals surface area contributed by atoms with Crippen molar-refractivity contribution in [1.29, 1.82) is 0 Å². The fourth-order valence-electron chi connectivity index (χ4n) is 2.01. The van der Waals surface area contributed by atoms with Crippen LogP contribution in [-0.4, -0.2) is 17.1 Å². The van der Waals surface area contributed by atoms with Crippen LogP contribution in [0.15, 0.2) is 42.7 Å². The summed E-state index contributed by atoms with van der Waals surface area (Å²) in [6.45, 7) is 2.60. The zero-order valence-electron chi connectivity index (χ0n) is 11.2. The van der Waals surface area contributed by atoms with Crippen molar-refractivity contribution in [1.82, 2.24) is 4.98 Å². The fraction of sp³-hybridized carbons (Fsp3) is 0.267. The number of hydrogen-bond acceptors (Lipinski definition) is 4. The van der Waals surface area contributed by atoms with Crippen molar-refractivity contribution in [3.63, 3.8) is 0 Å². The van der Waals surface area contributed by atoms with Gasteiger partial charge in [-0.15, -0.1) is 0 Å². The largest absolute Gasteiger partial charge is 0.508 e. The zero-order chi connectivity index (χ0) is 13.8. The van der Waals surface area contributed by atoms with E-state index in [1.165, 1.54) is 0 Å². The Morgan fingerprint density at radius 1 is 1.37 bits per heavy atom. The summed E-state index contributed by atoms with van der Waals surface area (Å²) in [4.78, 5) is 6.15. The van der Waals surface area contributed by atoms with Crippen LogP contribution in [0, 0.1) is 0 Å². The molecule has 19 heavy (non-hydrogen) atoms. The van der Waals surface area contributed by atoms with E-state index in [-0.39, 0.29) is 11.8 Å². The van der Waals surface area contributed by atoms with E-state index >= 15 is 0 Å². The van der Waals surface area contributed by atoms with Crippen LogP contribution in [0.2, 0.25) is 0 Å². The number of phenolic OH excluding ortho intramolecular Hbond substituents is 1. The summed E-state index contributed by atoms with van der Waals surface area (Å²) in [7, 11) is 1.98. The molecule has 4 nitrogen and oxygen atoms in total. The fourth-order valence-corrected chi connectivity index (χ4v) is 2.01. The van der Waals surface area contributed by atoms with E-state index in [2.05, 4.69) is 9.88 Å². The molecule has 0 fully saturated rings. The van der Waals surface area contributed by atoms with Crippen molar-refractivity contribution in [2.24, 2.45) is 5.73 Å². The number of pyridine rings is 1. The molecule has 0 saturated carbocycles. The van der Waals surface area contributed by atoms with Gasteiger partial charge in [-0.2, -0.15) is 0 Å². The minimum Gasteiger partial charge on any atom is -0.508 e. The Balaban J connectivity index is 2.16. The normalized spacial score (nSPS) is 12.2. The minimum atomic E-state index is -0.169. The molecule has 1 aromatic heterocycles. The first-order valence-electron chi connectivity index (χ1n) is 6.26. The molecule has 0 aliphatic heterocycles. The summed E-state index contributed by atoms with van der Waals surface area (Å²) >= 11 is 0. The second-order valence-corrected chi connectivity index (χ2v) is 4.75. The van der Waals surface area contributed by atoms with Gasteiger partial charge < -0.3 is 15.7 Å². The lowest BCUT2D eigenvalue weighted by Crippen LogP contribution is -2.16. The molecule has 0 aliphatic rings. The number of aromatic nitrogens is 1. The van der Waals surface area contributed by atoms with Crippen molar-refractivity contribution in [3.8, 4) is 5.75 Å². The highest BCUT2D eigenvalue weighted by Gasteiger charge is 2.09. The molecule has 0 spiro atoms. The Morgan fingerprint density at radius 3 is 2.74 bits per heavy atom. The van der Waals surface area contributed by atoms with Gasteiger partial charge in [0.15, 0.2) is 0 Å². The molecule has 2 rings (SSSR count). The first kappa shape index (κ1) is 13.4. The number of anilines is 1. The van der Waals surface area contributed by atoms with Gasteiger partial charge >= 0.3 is 0 Å². The van der Waals surface area contributed by atoms with Gasteiger partial charge in [-0.25, -0.2) is 0 Å². The molecule has 0 bridgehead atoms. The SMILES string of the molecule is CC(N)c1ccc(N(C)Cc2cccnc2)cc1O. The number of hydrogen-bond donors (Lipinski definition) is 2. The van der Waals surface area contributed by atoms with Crippen LogP contribution < -0.4 is 10.6 Å². The summed E-state index contributed by atoms with van der Waals surface area (Å²) in [6, 6.07) is 9.36. The molecular formula is C15H19N3O. The first-order valence-corrected chi connectivity index (χ1v) is 6.26. The lowest BCUT2D eigenvalue weighted by molar-refractivity contribution is 0.464. The van der Waals surface area contributed by atoms with E-state index in [4.69, 9.17) is 5.73 Å². The van der Waals surface area contributed by atoms with E-state index in [1.807, 2.05) is 44.4 Å². The van der Waals surface area contributed by atoms with Gasteiger partial charge in [-0.1, -0.05) is 12.1 Å². The topological polar surface area (TPSA) is 62.4 Å².